The Hall–Kier alpha value is -1.63. The third-order valence-electron chi connectivity index (χ3n) is 9.38. The third-order valence-corrected chi connectivity index (χ3v) is 9.38. The molecule has 0 radical (unpaired) electrons. The number of benzene rings is 1. The Labute approximate surface area is 203 Å². The van der Waals surface area contributed by atoms with E-state index in [0.717, 1.165) is 49.4 Å². The van der Waals surface area contributed by atoms with Gasteiger partial charge in [0.2, 0.25) is 5.91 Å². The Morgan fingerprint density at radius 2 is 1.71 bits per heavy atom. The van der Waals surface area contributed by atoms with Crippen LogP contribution in [-0.2, 0) is 20.8 Å². The van der Waals surface area contributed by atoms with E-state index in [1.165, 1.54) is 44.1 Å². The second-order valence-electron chi connectivity index (χ2n) is 11.7. The minimum absolute atomic E-state index is 0.0329. The van der Waals surface area contributed by atoms with Gasteiger partial charge < -0.3 is 19.1 Å². The molecule has 6 heteroatoms. The summed E-state index contributed by atoms with van der Waals surface area (Å²) in [6, 6.07) is 8.29. The number of methoxy groups -OCH3 is 1. The van der Waals surface area contributed by atoms with Crippen molar-refractivity contribution in [2.45, 2.75) is 69.7 Å². The molecule has 6 aliphatic rings. The van der Waals surface area contributed by atoms with Crippen LogP contribution in [0.1, 0.15) is 56.9 Å². The van der Waals surface area contributed by atoms with Crippen molar-refractivity contribution in [2.24, 2.45) is 23.7 Å². The van der Waals surface area contributed by atoms with Crippen LogP contribution in [0.5, 0.6) is 5.75 Å². The van der Waals surface area contributed by atoms with Crippen LogP contribution in [0.25, 0.3) is 0 Å². The van der Waals surface area contributed by atoms with Crippen LogP contribution in [0.3, 0.4) is 0 Å². The fourth-order valence-corrected chi connectivity index (χ4v) is 8.18. The summed E-state index contributed by atoms with van der Waals surface area (Å²) in [5, 5.41) is 0. The Morgan fingerprint density at radius 1 is 1.06 bits per heavy atom. The minimum Gasteiger partial charge on any atom is -0.497 e. The summed E-state index contributed by atoms with van der Waals surface area (Å²) in [4.78, 5) is 18.7. The minimum atomic E-state index is -0.0329. The van der Waals surface area contributed by atoms with Crippen molar-refractivity contribution in [3.05, 3.63) is 29.8 Å². The average molecular weight is 469 g/mol. The van der Waals surface area contributed by atoms with E-state index in [1.807, 2.05) is 6.07 Å². The Balaban J connectivity index is 1.18. The molecule has 2 saturated heterocycles. The number of hydrogen-bond donors (Lipinski definition) is 0. The summed E-state index contributed by atoms with van der Waals surface area (Å²) in [5.41, 5.74) is 1.23. The highest BCUT2D eigenvalue weighted by atomic mass is 16.7. The fourth-order valence-electron chi connectivity index (χ4n) is 8.18. The number of nitrogens with zero attached hydrogens (tertiary/aromatic N) is 2. The van der Waals surface area contributed by atoms with Gasteiger partial charge in [0.25, 0.3) is 0 Å². The smallest absolute Gasteiger partial charge is 0.237 e. The molecule has 1 amide bonds. The molecule has 0 aromatic heterocycles. The molecule has 4 aliphatic carbocycles. The summed E-state index contributed by atoms with van der Waals surface area (Å²) < 4.78 is 17.0. The molecule has 34 heavy (non-hydrogen) atoms. The van der Waals surface area contributed by atoms with Crippen molar-refractivity contribution < 1.29 is 19.0 Å². The van der Waals surface area contributed by atoms with Crippen molar-refractivity contribution in [3.8, 4) is 5.75 Å². The zero-order valence-corrected chi connectivity index (χ0v) is 20.6. The van der Waals surface area contributed by atoms with Crippen molar-refractivity contribution in [1.29, 1.82) is 0 Å². The van der Waals surface area contributed by atoms with Crippen LogP contribution in [0.4, 0.5) is 0 Å². The van der Waals surface area contributed by atoms with Gasteiger partial charge in [-0.15, -0.1) is 0 Å². The number of likely N-dealkylation sites (tertiary alicyclic amines) is 1. The average Bonchev–Trinajstić information content (AvgIpc) is 3.37. The van der Waals surface area contributed by atoms with E-state index in [1.54, 1.807) is 7.11 Å². The number of amides is 1. The first-order valence-electron chi connectivity index (χ1n) is 13.5. The van der Waals surface area contributed by atoms with Crippen LogP contribution in [-0.4, -0.2) is 67.5 Å². The second kappa shape index (κ2) is 9.44. The number of hydrogen-bond acceptors (Lipinski definition) is 5. The monoisotopic (exact) mass is 468 g/mol. The molecule has 0 unspecified atom stereocenters. The van der Waals surface area contributed by atoms with Gasteiger partial charge in [0.15, 0.2) is 6.29 Å². The van der Waals surface area contributed by atoms with Gasteiger partial charge in [-0.2, -0.15) is 0 Å². The molecular formula is C28H40N2O4. The Bertz CT molecular complexity index is 840. The summed E-state index contributed by atoms with van der Waals surface area (Å²) in [5.74, 6) is 4.09. The van der Waals surface area contributed by atoms with Crippen molar-refractivity contribution in [2.75, 3.05) is 40.0 Å². The van der Waals surface area contributed by atoms with Gasteiger partial charge in [0.1, 0.15) is 5.75 Å². The zero-order chi connectivity index (χ0) is 23.1. The molecule has 1 aromatic carbocycles. The van der Waals surface area contributed by atoms with Gasteiger partial charge in [-0.1, -0.05) is 12.1 Å². The van der Waals surface area contributed by atoms with E-state index in [2.05, 4.69) is 28.0 Å². The van der Waals surface area contributed by atoms with E-state index in [-0.39, 0.29) is 11.8 Å². The molecule has 0 N–H and O–H groups in total. The molecule has 2 heterocycles. The maximum Gasteiger partial charge on any atom is 0.237 e. The van der Waals surface area contributed by atoms with Crippen molar-refractivity contribution in [1.82, 2.24) is 9.80 Å². The fraction of sp³-hybridized carbons (Fsp3) is 0.750. The molecule has 6 fully saturated rings. The van der Waals surface area contributed by atoms with Crippen LogP contribution in [0, 0.1) is 23.7 Å². The van der Waals surface area contributed by atoms with E-state index < -0.39 is 0 Å². The Kier molecular flexibility index (Phi) is 6.33. The van der Waals surface area contributed by atoms with E-state index in [0.29, 0.717) is 38.1 Å². The first-order valence-corrected chi connectivity index (χ1v) is 13.5. The number of piperidine rings is 1. The van der Waals surface area contributed by atoms with Gasteiger partial charge in [0.05, 0.1) is 26.9 Å². The third kappa shape index (κ3) is 4.49. The molecule has 4 saturated carbocycles. The molecule has 186 valence electrons. The van der Waals surface area contributed by atoms with Gasteiger partial charge >= 0.3 is 0 Å². The topological polar surface area (TPSA) is 51.2 Å². The predicted octanol–water partition coefficient (Wildman–Crippen LogP) is 4.08. The standard InChI is InChI=1S/C28H40N2O4/c1-32-25-4-2-3-20(14-25)18-30(28-15-21-11-22(16-28)13-23(12-21)17-28)26(31)19-29-7-5-24(6-8-29)27-33-9-10-34-27/h2-4,14,21-24,27H,5-13,15-19H2,1H3. The van der Waals surface area contributed by atoms with Gasteiger partial charge in [-0.05, 0) is 99.9 Å². The lowest BCUT2D eigenvalue weighted by Crippen LogP contribution is -2.62. The SMILES string of the molecule is COc1cccc(CN(C(=O)CN2CCC(C3OCCO3)CC2)C23CC4CC(CC(C4)C2)C3)c1. The van der Waals surface area contributed by atoms with E-state index in [4.69, 9.17) is 14.2 Å². The lowest BCUT2D eigenvalue weighted by molar-refractivity contribution is -0.154. The van der Waals surface area contributed by atoms with Crippen molar-refractivity contribution in [3.63, 3.8) is 0 Å². The first kappa shape index (κ1) is 22.8. The number of carbonyl (C=O) groups is 1. The summed E-state index contributed by atoms with van der Waals surface area (Å²) in [6.07, 6.45) is 9.83. The van der Waals surface area contributed by atoms with Crippen LogP contribution in [0.15, 0.2) is 24.3 Å². The first-order chi connectivity index (χ1) is 16.6. The normalized spacial score (nSPS) is 34.0. The molecule has 1 aromatic rings. The molecule has 7 rings (SSSR count). The molecule has 6 nitrogen and oxygen atoms in total. The van der Waals surface area contributed by atoms with Gasteiger partial charge in [-0.3, -0.25) is 9.69 Å². The highest BCUT2D eigenvalue weighted by Crippen LogP contribution is 2.58. The van der Waals surface area contributed by atoms with E-state index in [9.17, 15) is 4.79 Å². The molecule has 0 atom stereocenters. The lowest BCUT2D eigenvalue weighted by Gasteiger charge is -2.60. The second-order valence-corrected chi connectivity index (χ2v) is 11.7. The highest BCUT2D eigenvalue weighted by Gasteiger charge is 2.54. The summed E-state index contributed by atoms with van der Waals surface area (Å²) >= 11 is 0. The molecule has 0 spiro atoms. The van der Waals surface area contributed by atoms with Gasteiger partial charge in [-0.25, -0.2) is 0 Å². The molecular weight excluding hydrogens is 428 g/mol. The van der Waals surface area contributed by atoms with Crippen LogP contribution in [0.2, 0.25) is 0 Å². The van der Waals surface area contributed by atoms with Crippen molar-refractivity contribution >= 4 is 5.91 Å². The number of ether oxygens (including phenoxy) is 3. The Morgan fingerprint density at radius 3 is 2.32 bits per heavy atom. The quantitative estimate of drug-likeness (QED) is 0.604. The maximum absolute atomic E-state index is 14.0. The maximum atomic E-state index is 14.0. The van der Waals surface area contributed by atoms with Gasteiger partial charge in [0, 0.05) is 18.0 Å². The molecule has 4 bridgehead atoms. The predicted molar refractivity (Wildman–Crippen MR) is 129 cm³/mol. The van der Waals surface area contributed by atoms with E-state index >= 15 is 0 Å². The lowest BCUT2D eigenvalue weighted by atomic mass is 9.52. The zero-order valence-electron chi connectivity index (χ0n) is 20.6. The summed E-state index contributed by atoms with van der Waals surface area (Å²) in [6.45, 7) is 4.57. The number of carbonyl (C=O) groups excluding carboxylic acids is 1. The highest BCUT2D eigenvalue weighted by molar-refractivity contribution is 5.79. The van der Waals surface area contributed by atoms with Crippen LogP contribution >= 0.6 is 0 Å². The summed E-state index contributed by atoms with van der Waals surface area (Å²) in [7, 11) is 1.71. The van der Waals surface area contributed by atoms with Crippen LogP contribution < -0.4 is 4.74 Å². The molecule has 2 aliphatic heterocycles. The number of rotatable bonds is 7. The largest absolute Gasteiger partial charge is 0.497 e.